The Labute approximate surface area is 114 Å². The number of rotatable bonds is 5. The number of halogens is 2. The molecule has 1 saturated carbocycles. The third kappa shape index (κ3) is 3.29. The molecule has 0 aliphatic heterocycles. The van der Waals surface area contributed by atoms with Crippen molar-refractivity contribution in [3.8, 4) is 0 Å². The maximum atomic E-state index is 13.5. The van der Waals surface area contributed by atoms with E-state index in [1.165, 1.54) is 6.07 Å². The van der Waals surface area contributed by atoms with E-state index in [2.05, 4.69) is 21.2 Å². The number of ether oxygens (including phenoxy) is 1. The SMILES string of the molecule is CCOC(=O)C(NC1CC1)c1ccc(Br)c(F)c1. The molecule has 1 aliphatic rings. The monoisotopic (exact) mass is 315 g/mol. The number of carbonyl (C=O) groups is 1. The van der Waals surface area contributed by atoms with Gasteiger partial charge in [-0.1, -0.05) is 6.07 Å². The topological polar surface area (TPSA) is 38.3 Å². The van der Waals surface area contributed by atoms with Gasteiger partial charge in [0, 0.05) is 6.04 Å². The van der Waals surface area contributed by atoms with Crippen LogP contribution in [-0.2, 0) is 9.53 Å². The smallest absolute Gasteiger partial charge is 0.327 e. The first-order valence-corrected chi connectivity index (χ1v) is 6.78. The van der Waals surface area contributed by atoms with Crippen molar-refractivity contribution in [1.82, 2.24) is 5.32 Å². The Bertz CT molecular complexity index is 449. The molecule has 0 heterocycles. The standard InChI is InChI=1S/C13H15BrFNO2/c1-2-18-13(17)12(16-9-4-5-9)8-3-6-10(14)11(15)7-8/h3,6-7,9,12,16H,2,4-5H2,1H3. The first-order chi connectivity index (χ1) is 8.61. The van der Waals surface area contributed by atoms with Crippen LogP contribution in [0.5, 0.6) is 0 Å². The molecule has 0 saturated heterocycles. The predicted molar refractivity (Wildman–Crippen MR) is 69.6 cm³/mol. The summed E-state index contributed by atoms with van der Waals surface area (Å²) in [5.74, 6) is -0.731. The summed E-state index contributed by atoms with van der Waals surface area (Å²) >= 11 is 3.10. The van der Waals surface area contributed by atoms with Gasteiger partial charge in [0.2, 0.25) is 0 Å². The lowest BCUT2D eigenvalue weighted by Gasteiger charge is -2.17. The molecule has 1 N–H and O–H groups in total. The summed E-state index contributed by atoms with van der Waals surface area (Å²) in [5, 5.41) is 3.18. The number of nitrogens with one attached hydrogen (secondary N) is 1. The fraction of sp³-hybridized carbons (Fsp3) is 0.462. The summed E-state index contributed by atoms with van der Waals surface area (Å²) in [6.45, 7) is 2.08. The summed E-state index contributed by atoms with van der Waals surface area (Å²) in [6.07, 6.45) is 2.10. The highest BCUT2D eigenvalue weighted by Crippen LogP contribution is 2.27. The summed E-state index contributed by atoms with van der Waals surface area (Å²) < 4.78 is 18.9. The summed E-state index contributed by atoms with van der Waals surface area (Å²) in [5.41, 5.74) is 0.598. The van der Waals surface area contributed by atoms with Crippen LogP contribution in [0.2, 0.25) is 0 Å². The highest BCUT2D eigenvalue weighted by Gasteiger charge is 2.30. The zero-order valence-corrected chi connectivity index (χ0v) is 11.7. The fourth-order valence-electron chi connectivity index (χ4n) is 1.70. The molecule has 0 spiro atoms. The highest BCUT2D eigenvalue weighted by atomic mass is 79.9. The van der Waals surface area contributed by atoms with Gasteiger partial charge in [0.1, 0.15) is 11.9 Å². The van der Waals surface area contributed by atoms with Crippen LogP contribution in [-0.4, -0.2) is 18.6 Å². The van der Waals surface area contributed by atoms with Gasteiger partial charge >= 0.3 is 5.97 Å². The lowest BCUT2D eigenvalue weighted by atomic mass is 10.1. The van der Waals surface area contributed by atoms with Gasteiger partial charge < -0.3 is 4.74 Å². The van der Waals surface area contributed by atoms with Gasteiger partial charge in [0.05, 0.1) is 11.1 Å². The van der Waals surface area contributed by atoms with Gasteiger partial charge in [-0.25, -0.2) is 9.18 Å². The third-order valence-electron chi connectivity index (χ3n) is 2.78. The third-order valence-corrected chi connectivity index (χ3v) is 3.42. The van der Waals surface area contributed by atoms with Crippen molar-refractivity contribution in [2.45, 2.75) is 31.8 Å². The average Bonchev–Trinajstić information content (AvgIpc) is 3.14. The Kier molecular flexibility index (Phi) is 4.35. The first-order valence-electron chi connectivity index (χ1n) is 5.99. The minimum atomic E-state index is -0.583. The number of hydrogen-bond donors (Lipinski definition) is 1. The molecule has 18 heavy (non-hydrogen) atoms. The molecule has 98 valence electrons. The van der Waals surface area contributed by atoms with Crippen LogP contribution in [0.25, 0.3) is 0 Å². The molecule has 0 amide bonds. The van der Waals surface area contributed by atoms with Crippen LogP contribution in [0.15, 0.2) is 22.7 Å². The molecule has 0 aromatic heterocycles. The van der Waals surface area contributed by atoms with Crippen molar-refractivity contribution < 1.29 is 13.9 Å². The maximum Gasteiger partial charge on any atom is 0.327 e. The van der Waals surface area contributed by atoms with Crippen molar-refractivity contribution in [2.24, 2.45) is 0 Å². The number of carbonyl (C=O) groups excluding carboxylic acids is 1. The van der Waals surface area contributed by atoms with E-state index in [4.69, 9.17) is 4.74 Å². The van der Waals surface area contributed by atoms with E-state index in [1.807, 2.05) is 0 Å². The molecule has 1 fully saturated rings. The molecule has 1 aromatic rings. The zero-order valence-electron chi connectivity index (χ0n) is 10.1. The number of esters is 1. The predicted octanol–water partition coefficient (Wildman–Crippen LogP) is 2.94. The Morgan fingerprint density at radius 3 is 2.89 bits per heavy atom. The molecular weight excluding hydrogens is 301 g/mol. The van der Waals surface area contributed by atoms with Crippen LogP contribution in [0.3, 0.4) is 0 Å². The second-order valence-corrected chi connectivity index (χ2v) is 5.15. The molecular formula is C13H15BrFNO2. The summed E-state index contributed by atoms with van der Waals surface area (Å²) in [7, 11) is 0. The second kappa shape index (κ2) is 5.80. The Balaban J connectivity index is 2.20. The van der Waals surface area contributed by atoms with Crippen LogP contribution in [0.4, 0.5) is 4.39 Å². The van der Waals surface area contributed by atoms with Gasteiger partial charge in [0.15, 0.2) is 0 Å². The van der Waals surface area contributed by atoms with Gasteiger partial charge in [-0.05, 0) is 53.4 Å². The van der Waals surface area contributed by atoms with Gasteiger partial charge in [-0.2, -0.15) is 0 Å². The van der Waals surface area contributed by atoms with Crippen molar-refractivity contribution >= 4 is 21.9 Å². The lowest BCUT2D eigenvalue weighted by molar-refractivity contribution is -0.145. The second-order valence-electron chi connectivity index (χ2n) is 4.30. The van der Waals surface area contributed by atoms with E-state index >= 15 is 0 Å². The molecule has 5 heteroatoms. The lowest BCUT2D eigenvalue weighted by Crippen LogP contribution is -2.31. The molecule has 1 aromatic carbocycles. The van der Waals surface area contributed by atoms with E-state index in [-0.39, 0.29) is 11.8 Å². The highest BCUT2D eigenvalue weighted by molar-refractivity contribution is 9.10. The van der Waals surface area contributed by atoms with Gasteiger partial charge in [-0.3, -0.25) is 5.32 Å². The molecule has 1 unspecified atom stereocenters. The first kappa shape index (κ1) is 13.5. The van der Waals surface area contributed by atoms with Crippen molar-refractivity contribution in [2.75, 3.05) is 6.61 Å². The van der Waals surface area contributed by atoms with E-state index < -0.39 is 6.04 Å². The minimum absolute atomic E-state index is 0.320. The number of benzene rings is 1. The van der Waals surface area contributed by atoms with E-state index in [0.717, 1.165) is 12.8 Å². The van der Waals surface area contributed by atoms with Crippen molar-refractivity contribution in [3.63, 3.8) is 0 Å². The van der Waals surface area contributed by atoms with Gasteiger partial charge in [-0.15, -0.1) is 0 Å². The molecule has 3 nitrogen and oxygen atoms in total. The summed E-state index contributed by atoms with van der Waals surface area (Å²) in [4.78, 5) is 11.9. The normalized spacial score (nSPS) is 16.4. The van der Waals surface area contributed by atoms with Crippen molar-refractivity contribution in [1.29, 1.82) is 0 Å². The Hall–Kier alpha value is -0.940. The van der Waals surface area contributed by atoms with Crippen LogP contribution >= 0.6 is 15.9 Å². The van der Waals surface area contributed by atoms with E-state index in [1.54, 1.807) is 19.1 Å². The van der Waals surface area contributed by atoms with E-state index in [0.29, 0.717) is 22.7 Å². The maximum absolute atomic E-state index is 13.5. The zero-order chi connectivity index (χ0) is 13.1. The minimum Gasteiger partial charge on any atom is -0.465 e. The fourth-order valence-corrected chi connectivity index (χ4v) is 1.95. The Morgan fingerprint density at radius 1 is 1.61 bits per heavy atom. The Morgan fingerprint density at radius 2 is 2.33 bits per heavy atom. The van der Waals surface area contributed by atoms with Gasteiger partial charge in [0.25, 0.3) is 0 Å². The quantitative estimate of drug-likeness (QED) is 0.849. The molecule has 0 bridgehead atoms. The van der Waals surface area contributed by atoms with Crippen LogP contribution < -0.4 is 5.32 Å². The molecule has 1 aliphatic carbocycles. The summed E-state index contributed by atoms with van der Waals surface area (Å²) in [6, 6.07) is 4.45. The largest absolute Gasteiger partial charge is 0.465 e. The molecule has 0 radical (unpaired) electrons. The van der Waals surface area contributed by atoms with Crippen LogP contribution in [0, 0.1) is 5.82 Å². The van der Waals surface area contributed by atoms with Crippen LogP contribution in [0.1, 0.15) is 31.4 Å². The average molecular weight is 316 g/mol. The van der Waals surface area contributed by atoms with Crippen molar-refractivity contribution in [3.05, 3.63) is 34.1 Å². The molecule has 1 atom stereocenters. The van der Waals surface area contributed by atoms with E-state index in [9.17, 15) is 9.18 Å². The number of hydrogen-bond acceptors (Lipinski definition) is 3. The molecule has 2 rings (SSSR count).